The highest BCUT2D eigenvalue weighted by Crippen LogP contribution is 2.43. The van der Waals surface area contributed by atoms with Gasteiger partial charge in [-0.2, -0.15) is 0 Å². The lowest BCUT2D eigenvalue weighted by molar-refractivity contribution is 0.0989. The van der Waals surface area contributed by atoms with Crippen LogP contribution >= 0.6 is 50.4 Å². The van der Waals surface area contributed by atoms with Crippen LogP contribution in [0.2, 0.25) is 0 Å². The van der Waals surface area contributed by atoms with E-state index >= 15 is 0 Å². The molecule has 0 aliphatic carbocycles. The Bertz CT molecular complexity index is 555. The molecule has 1 aliphatic rings. The molecule has 16 heavy (non-hydrogen) atoms. The second-order valence-corrected chi connectivity index (χ2v) is 8.08. The van der Waals surface area contributed by atoms with Crippen LogP contribution in [0.4, 0.5) is 0 Å². The van der Waals surface area contributed by atoms with Gasteiger partial charge in [-0.1, -0.05) is 0 Å². The number of halogens is 1. The zero-order valence-corrected chi connectivity index (χ0v) is 12.2. The standard InChI is InChI=1S/C11H7BrOS3/c12-10-2-1-7(15-10)8-5-9-11(16-8)6(13)3-4-14-9/h1-2,5H,3-4H2. The molecule has 3 heterocycles. The minimum absolute atomic E-state index is 0.306. The largest absolute Gasteiger partial charge is 0.293 e. The molecule has 0 aromatic carbocycles. The van der Waals surface area contributed by atoms with Crippen LogP contribution in [0.15, 0.2) is 26.9 Å². The van der Waals surface area contributed by atoms with Crippen LogP contribution in [0.1, 0.15) is 16.1 Å². The van der Waals surface area contributed by atoms with Crippen LogP contribution in [0.25, 0.3) is 9.75 Å². The Balaban J connectivity index is 2.07. The Morgan fingerprint density at radius 1 is 1.19 bits per heavy atom. The number of fused-ring (bicyclic) bond motifs is 1. The van der Waals surface area contributed by atoms with E-state index in [1.165, 1.54) is 14.6 Å². The summed E-state index contributed by atoms with van der Waals surface area (Å²) in [5.74, 6) is 1.23. The maximum Gasteiger partial charge on any atom is 0.174 e. The molecule has 0 spiro atoms. The summed E-state index contributed by atoms with van der Waals surface area (Å²) in [5.41, 5.74) is 0. The molecule has 82 valence electrons. The molecule has 5 heteroatoms. The molecule has 1 nitrogen and oxygen atoms in total. The number of carbonyl (C=O) groups excluding carboxylic acids is 1. The first kappa shape index (κ1) is 11.0. The van der Waals surface area contributed by atoms with Crippen LogP contribution in [0, 0.1) is 0 Å². The second-order valence-electron chi connectivity index (χ2n) is 3.43. The van der Waals surface area contributed by atoms with Crippen molar-refractivity contribution in [2.75, 3.05) is 5.75 Å². The fourth-order valence-corrected chi connectivity index (χ4v) is 5.43. The van der Waals surface area contributed by atoms with E-state index in [4.69, 9.17) is 0 Å². The lowest BCUT2D eigenvalue weighted by atomic mass is 10.2. The van der Waals surface area contributed by atoms with Crippen molar-refractivity contribution in [2.45, 2.75) is 11.3 Å². The van der Waals surface area contributed by atoms with Crippen molar-refractivity contribution in [3.63, 3.8) is 0 Å². The highest BCUT2D eigenvalue weighted by atomic mass is 79.9. The monoisotopic (exact) mass is 330 g/mol. The van der Waals surface area contributed by atoms with Gasteiger partial charge >= 0.3 is 0 Å². The Labute approximate surface area is 114 Å². The van der Waals surface area contributed by atoms with Gasteiger partial charge in [-0.15, -0.1) is 34.4 Å². The minimum Gasteiger partial charge on any atom is -0.293 e. The maximum atomic E-state index is 11.7. The van der Waals surface area contributed by atoms with E-state index in [0.717, 1.165) is 14.4 Å². The topological polar surface area (TPSA) is 17.1 Å². The lowest BCUT2D eigenvalue weighted by Crippen LogP contribution is -2.03. The fourth-order valence-electron chi connectivity index (χ4n) is 1.61. The molecule has 0 radical (unpaired) electrons. The molecule has 0 N–H and O–H groups in total. The average Bonchev–Trinajstić information content (AvgIpc) is 2.84. The van der Waals surface area contributed by atoms with Crippen molar-refractivity contribution >= 4 is 56.1 Å². The van der Waals surface area contributed by atoms with E-state index in [0.29, 0.717) is 12.2 Å². The summed E-state index contributed by atoms with van der Waals surface area (Å²) < 4.78 is 1.13. The summed E-state index contributed by atoms with van der Waals surface area (Å²) in [6.45, 7) is 0. The Morgan fingerprint density at radius 2 is 2.06 bits per heavy atom. The fraction of sp³-hybridized carbons (Fsp3) is 0.182. The molecule has 0 saturated heterocycles. The van der Waals surface area contributed by atoms with Gasteiger partial charge in [0.15, 0.2) is 5.78 Å². The third kappa shape index (κ3) is 1.90. The van der Waals surface area contributed by atoms with E-state index in [-0.39, 0.29) is 0 Å². The van der Waals surface area contributed by atoms with Crippen molar-refractivity contribution in [2.24, 2.45) is 0 Å². The van der Waals surface area contributed by atoms with Crippen molar-refractivity contribution in [1.29, 1.82) is 0 Å². The predicted molar refractivity (Wildman–Crippen MR) is 75.0 cm³/mol. The first-order valence-corrected chi connectivity index (χ1v) is 8.21. The van der Waals surface area contributed by atoms with Gasteiger partial charge in [-0.25, -0.2) is 0 Å². The molecule has 0 bridgehead atoms. The maximum absolute atomic E-state index is 11.7. The molecular formula is C11H7BrOS3. The molecule has 0 atom stereocenters. The molecule has 0 saturated carbocycles. The predicted octanol–water partition coefficient (Wildman–Crippen LogP) is 4.92. The molecule has 2 aromatic heterocycles. The van der Waals surface area contributed by atoms with Crippen LogP contribution in [-0.4, -0.2) is 11.5 Å². The summed E-state index contributed by atoms with van der Waals surface area (Å²) >= 11 is 8.60. The van der Waals surface area contributed by atoms with Crippen LogP contribution < -0.4 is 0 Å². The highest BCUT2D eigenvalue weighted by Gasteiger charge is 2.21. The van der Waals surface area contributed by atoms with E-state index < -0.39 is 0 Å². The molecule has 0 fully saturated rings. The lowest BCUT2D eigenvalue weighted by Gasteiger charge is -2.07. The van der Waals surface area contributed by atoms with Gasteiger partial charge in [0.25, 0.3) is 0 Å². The van der Waals surface area contributed by atoms with Crippen molar-refractivity contribution < 1.29 is 4.79 Å². The summed E-state index contributed by atoms with van der Waals surface area (Å²) in [6, 6.07) is 6.30. The van der Waals surface area contributed by atoms with Gasteiger partial charge in [0.2, 0.25) is 0 Å². The number of hydrogen-bond donors (Lipinski definition) is 0. The first-order valence-electron chi connectivity index (χ1n) is 4.79. The van der Waals surface area contributed by atoms with Gasteiger partial charge < -0.3 is 0 Å². The van der Waals surface area contributed by atoms with E-state index in [9.17, 15) is 4.79 Å². The van der Waals surface area contributed by atoms with Gasteiger partial charge in [0.1, 0.15) is 0 Å². The number of rotatable bonds is 1. The third-order valence-electron chi connectivity index (χ3n) is 2.35. The van der Waals surface area contributed by atoms with Crippen LogP contribution in [0.5, 0.6) is 0 Å². The highest BCUT2D eigenvalue weighted by molar-refractivity contribution is 9.11. The van der Waals surface area contributed by atoms with Gasteiger partial charge in [-0.3, -0.25) is 4.79 Å². The summed E-state index contributed by atoms with van der Waals surface area (Å²) in [4.78, 5) is 16.3. The Morgan fingerprint density at radius 3 is 2.75 bits per heavy atom. The van der Waals surface area contributed by atoms with Gasteiger partial charge in [0.05, 0.1) is 8.66 Å². The minimum atomic E-state index is 0.306. The molecule has 0 unspecified atom stereocenters. The smallest absolute Gasteiger partial charge is 0.174 e. The number of ketones is 1. The molecule has 2 aromatic rings. The van der Waals surface area contributed by atoms with E-state index in [1.54, 1.807) is 34.4 Å². The van der Waals surface area contributed by atoms with Crippen LogP contribution in [-0.2, 0) is 0 Å². The average molecular weight is 331 g/mol. The van der Waals surface area contributed by atoms with Gasteiger partial charge in [-0.05, 0) is 34.1 Å². The summed E-state index contributed by atoms with van der Waals surface area (Å²) in [5, 5.41) is 0. The quantitative estimate of drug-likeness (QED) is 0.738. The van der Waals surface area contributed by atoms with Crippen molar-refractivity contribution in [3.05, 3.63) is 26.9 Å². The first-order chi connectivity index (χ1) is 7.74. The molecule has 1 aliphatic heterocycles. The molecule has 0 amide bonds. The third-order valence-corrected chi connectivity index (χ3v) is 6.52. The number of thiophene rings is 2. The molecule has 3 rings (SSSR count). The Hall–Kier alpha value is -0.100. The normalized spacial score (nSPS) is 15.2. The number of carbonyl (C=O) groups is 1. The number of Topliss-reactive ketones (excluding diaryl/α,β-unsaturated/α-hetero) is 1. The van der Waals surface area contributed by atoms with Crippen LogP contribution in [0.3, 0.4) is 0 Å². The number of thioether (sulfide) groups is 1. The summed E-state index contributed by atoms with van der Waals surface area (Å²) in [7, 11) is 0. The SMILES string of the molecule is O=C1CCSc2cc(-c3ccc(Br)s3)sc21. The van der Waals surface area contributed by atoms with E-state index in [2.05, 4.69) is 28.1 Å². The zero-order chi connectivity index (χ0) is 11.1. The molecular weight excluding hydrogens is 324 g/mol. The van der Waals surface area contributed by atoms with Gasteiger partial charge in [0, 0.05) is 26.8 Å². The number of hydrogen-bond acceptors (Lipinski definition) is 4. The Kier molecular flexibility index (Phi) is 2.96. The van der Waals surface area contributed by atoms with E-state index in [1.807, 2.05) is 6.07 Å². The van der Waals surface area contributed by atoms with Crippen molar-refractivity contribution in [1.82, 2.24) is 0 Å². The summed E-state index contributed by atoms with van der Waals surface area (Å²) in [6.07, 6.45) is 0.686. The zero-order valence-electron chi connectivity index (χ0n) is 8.16. The second kappa shape index (κ2) is 4.29. The van der Waals surface area contributed by atoms with Crippen molar-refractivity contribution in [3.8, 4) is 9.75 Å².